The van der Waals surface area contributed by atoms with Crippen molar-refractivity contribution >= 4 is 17.6 Å². The van der Waals surface area contributed by atoms with Crippen molar-refractivity contribution in [1.82, 2.24) is 0 Å². The lowest BCUT2D eigenvalue weighted by molar-refractivity contribution is -0.123. The predicted molar refractivity (Wildman–Crippen MR) is 89.6 cm³/mol. The number of carbonyl (C=O) groups excluding carboxylic acids is 2. The number of nitrogens with one attached hydrogen (secondary N) is 1. The molecule has 1 atom stereocenters. The van der Waals surface area contributed by atoms with Crippen LogP contribution in [0, 0.1) is 0 Å². The van der Waals surface area contributed by atoms with E-state index in [1.165, 1.54) is 32.2 Å². The Kier molecular flexibility index (Phi) is 6.48. The molecule has 0 bridgehead atoms. The molecule has 26 heavy (non-hydrogen) atoms. The van der Waals surface area contributed by atoms with Gasteiger partial charge in [-0.2, -0.15) is 8.78 Å². The Bertz CT molecular complexity index is 782. The Hall–Kier alpha value is -3.16. The van der Waals surface area contributed by atoms with Crippen LogP contribution in [0.5, 0.6) is 11.5 Å². The summed E-state index contributed by atoms with van der Waals surface area (Å²) in [5.74, 6) is -1.13. The molecular formula is C18H17F2NO5. The van der Waals surface area contributed by atoms with E-state index in [-0.39, 0.29) is 11.3 Å². The molecule has 0 radical (unpaired) electrons. The summed E-state index contributed by atoms with van der Waals surface area (Å²) in [6.45, 7) is -1.62. The molecule has 1 amide bonds. The van der Waals surface area contributed by atoms with Gasteiger partial charge in [0.25, 0.3) is 5.91 Å². The van der Waals surface area contributed by atoms with Crippen LogP contribution in [-0.2, 0) is 9.53 Å². The molecule has 8 heteroatoms. The molecule has 0 unspecified atom stereocenters. The van der Waals surface area contributed by atoms with Crippen LogP contribution >= 0.6 is 0 Å². The first-order chi connectivity index (χ1) is 12.4. The first-order valence-corrected chi connectivity index (χ1v) is 7.60. The predicted octanol–water partition coefficient (Wildman–Crippen LogP) is 3.48. The summed E-state index contributed by atoms with van der Waals surface area (Å²) in [6, 6.07) is 11.9. The number of ether oxygens (including phenoxy) is 3. The van der Waals surface area contributed by atoms with Crippen molar-refractivity contribution in [3.05, 3.63) is 54.1 Å². The van der Waals surface area contributed by atoms with Crippen LogP contribution in [0.1, 0.15) is 17.3 Å². The van der Waals surface area contributed by atoms with Crippen LogP contribution in [0.3, 0.4) is 0 Å². The molecule has 0 aliphatic carbocycles. The second-order valence-electron chi connectivity index (χ2n) is 5.14. The number of halogens is 2. The fourth-order valence-electron chi connectivity index (χ4n) is 2.06. The van der Waals surface area contributed by atoms with Gasteiger partial charge in [0.05, 0.1) is 18.4 Å². The number of methoxy groups -OCH3 is 1. The summed E-state index contributed by atoms with van der Waals surface area (Å²) in [4.78, 5) is 24.3. The Morgan fingerprint density at radius 1 is 1.08 bits per heavy atom. The molecule has 2 rings (SSSR count). The minimum Gasteiger partial charge on any atom is -0.495 e. The van der Waals surface area contributed by atoms with E-state index in [9.17, 15) is 18.4 Å². The van der Waals surface area contributed by atoms with Gasteiger partial charge in [-0.1, -0.05) is 18.2 Å². The molecule has 2 aromatic rings. The number of esters is 1. The lowest BCUT2D eigenvalue weighted by Gasteiger charge is -2.15. The Labute approximate surface area is 148 Å². The van der Waals surface area contributed by atoms with E-state index < -0.39 is 24.6 Å². The van der Waals surface area contributed by atoms with Gasteiger partial charge in [0.15, 0.2) is 6.10 Å². The zero-order valence-corrected chi connectivity index (χ0v) is 14.1. The molecule has 0 saturated heterocycles. The summed E-state index contributed by atoms with van der Waals surface area (Å²) in [5.41, 5.74) is 0.412. The van der Waals surface area contributed by atoms with Crippen molar-refractivity contribution in [3.63, 3.8) is 0 Å². The highest BCUT2D eigenvalue weighted by atomic mass is 19.3. The summed E-state index contributed by atoms with van der Waals surface area (Å²) in [5, 5.41) is 2.59. The quantitative estimate of drug-likeness (QED) is 0.761. The van der Waals surface area contributed by atoms with Gasteiger partial charge in [0, 0.05) is 0 Å². The molecule has 1 N–H and O–H groups in total. The molecule has 0 spiro atoms. The third-order valence-electron chi connectivity index (χ3n) is 3.31. The molecular weight excluding hydrogens is 348 g/mol. The van der Waals surface area contributed by atoms with Gasteiger partial charge in [-0.15, -0.1) is 0 Å². The highest BCUT2D eigenvalue weighted by Crippen LogP contribution is 2.23. The third kappa shape index (κ3) is 5.17. The van der Waals surface area contributed by atoms with Crippen molar-refractivity contribution in [2.45, 2.75) is 19.6 Å². The zero-order valence-electron chi connectivity index (χ0n) is 14.1. The normalized spacial score (nSPS) is 11.6. The average Bonchev–Trinajstić information content (AvgIpc) is 2.61. The number of para-hydroxylation sites is 2. The van der Waals surface area contributed by atoms with E-state index in [0.717, 1.165) is 6.07 Å². The maximum absolute atomic E-state index is 12.2. The Morgan fingerprint density at radius 3 is 2.50 bits per heavy atom. The molecule has 0 fully saturated rings. The van der Waals surface area contributed by atoms with Crippen molar-refractivity contribution in [2.75, 3.05) is 12.4 Å². The highest BCUT2D eigenvalue weighted by molar-refractivity contribution is 5.98. The first kappa shape index (κ1) is 19.2. The van der Waals surface area contributed by atoms with Gasteiger partial charge in [0.1, 0.15) is 11.5 Å². The van der Waals surface area contributed by atoms with Crippen LogP contribution in [0.15, 0.2) is 48.5 Å². The second kappa shape index (κ2) is 8.80. The van der Waals surface area contributed by atoms with Crippen LogP contribution < -0.4 is 14.8 Å². The molecule has 0 aliphatic heterocycles. The minimum absolute atomic E-state index is 0.0138. The molecule has 0 heterocycles. The van der Waals surface area contributed by atoms with E-state index in [1.807, 2.05) is 0 Å². The van der Waals surface area contributed by atoms with Gasteiger partial charge in [-0.3, -0.25) is 4.79 Å². The van der Waals surface area contributed by atoms with Gasteiger partial charge in [-0.05, 0) is 37.3 Å². The molecule has 138 valence electrons. The first-order valence-electron chi connectivity index (χ1n) is 7.60. The fraction of sp³-hybridized carbons (Fsp3) is 0.222. The van der Waals surface area contributed by atoms with Crippen molar-refractivity contribution in [1.29, 1.82) is 0 Å². The maximum Gasteiger partial charge on any atom is 0.387 e. The third-order valence-corrected chi connectivity index (χ3v) is 3.31. The van der Waals surface area contributed by atoms with E-state index in [2.05, 4.69) is 10.1 Å². The lowest BCUT2D eigenvalue weighted by atomic mass is 10.2. The monoisotopic (exact) mass is 365 g/mol. The summed E-state index contributed by atoms with van der Waals surface area (Å²) >= 11 is 0. The van der Waals surface area contributed by atoms with Crippen LogP contribution in [-0.4, -0.2) is 31.7 Å². The van der Waals surface area contributed by atoms with Crippen LogP contribution in [0.4, 0.5) is 14.5 Å². The summed E-state index contributed by atoms with van der Waals surface area (Å²) in [6.07, 6.45) is -1.12. The summed E-state index contributed by atoms with van der Waals surface area (Å²) < 4.78 is 38.9. The SMILES string of the molecule is COc1ccccc1NC(=O)[C@@H](C)OC(=O)c1cccc(OC(F)F)c1. The van der Waals surface area contributed by atoms with E-state index >= 15 is 0 Å². The average molecular weight is 365 g/mol. The fourth-order valence-corrected chi connectivity index (χ4v) is 2.06. The van der Waals surface area contributed by atoms with Gasteiger partial charge in [-0.25, -0.2) is 4.79 Å². The molecule has 6 nitrogen and oxygen atoms in total. The number of benzene rings is 2. The number of hydrogen-bond acceptors (Lipinski definition) is 5. The van der Waals surface area contributed by atoms with Crippen molar-refractivity contribution in [3.8, 4) is 11.5 Å². The van der Waals surface area contributed by atoms with Crippen LogP contribution in [0.25, 0.3) is 0 Å². The minimum atomic E-state index is -3.01. The van der Waals surface area contributed by atoms with Gasteiger partial charge in [0.2, 0.25) is 0 Å². The number of hydrogen-bond donors (Lipinski definition) is 1. The molecule has 0 aliphatic rings. The Morgan fingerprint density at radius 2 is 1.81 bits per heavy atom. The molecule has 0 aromatic heterocycles. The zero-order chi connectivity index (χ0) is 19.1. The molecule has 2 aromatic carbocycles. The van der Waals surface area contributed by atoms with Crippen LogP contribution in [0.2, 0.25) is 0 Å². The Balaban J connectivity index is 2.01. The van der Waals surface area contributed by atoms with E-state index in [0.29, 0.717) is 11.4 Å². The second-order valence-corrected chi connectivity index (χ2v) is 5.14. The number of alkyl halides is 2. The highest BCUT2D eigenvalue weighted by Gasteiger charge is 2.20. The maximum atomic E-state index is 12.2. The largest absolute Gasteiger partial charge is 0.495 e. The van der Waals surface area contributed by atoms with Crippen molar-refractivity contribution in [2.24, 2.45) is 0 Å². The summed E-state index contributed by atoms with van der Waals surface area (Å²) in [7, 11) is 1.46. The standard InChI is InChI=1S/C18H17F2NO5/c1-11(16(22)21-14-8-3-4-9-15(14)24-2)25-17(23)12-6-5-7-13(10-12)26-18(19)20/h3-11,18H,1-2H3,(H,21,22)/t11-/m1/s1. The molecule has 0 saturated carbocycles. The topological polar surface area (TPSA) is 73.9 Å². The number of carbonyl (C=O) groups is 2. The van der Waals surface area contributed by atoms with E-state index in [4.69, 9.17) is 9.47 Å². The van der Waals surface area contributed by atoms with Crippen molar-refractivity contribution < 1.29 is 32.6 Å². The number of anilines is 1. The van der Waals surface area contributed by atoms with Gasteiger partial charge >= 0.3 is 12.6 Å². The number of rotatable bonds is 7. The smallest absolute Gasteiger partial charge is 0.387 e. The number of amides is 1. The van der Waals surface area contributed by atoms with E-state index in [1.54, 1.807) is 24.3 Å². The van der Waals surface area contributed by atoms with Gasteiger partial charge < -0.3 is 19.5 Å². The lowest BCUT2D eigenvalue weighted by Crippen LogP contribution is -2.30.